The van der Waals surface area contributed by atoms with E-state index >= 15 is 0 Å². The van der Waals surface area contributed by atoms with Gasteiger partial charge in [-0.15, -0.1) is 0 Å². The fourth-order valence-corrected chi connectivity index (χ4v) is 3.79. The predicted molar refractivity (Wildman–Crippen MR) is 91.1 cm³/mol. The van der Waals surface area contributed by atoms with Gasteiger partial charge in [0.15, 0.2) is 0 Å². The Morgan fingerprint density at radius 2 is 2.04 bits per heavy atom. The molecule has 0 saturated heterocycles. The number of para-hydroxylation sites is 1. The Hall–Kier alpha value is -1.59. The summed E-state index contributed by atoms with van der Waals surface area (Å²) in [6.45, 7) is 0.991. The molecule has 1 spiro atoms. The number of amides is 1. The summed E-state index contributed by atoms with van der Waals surface area (Å²) in [4.78, 5) is 12.2. The highest BCUT2D eigenvalue weighted by Crippen LogP contribution is 2.45. The van der Waals surface area contributed by atoms with Gasteiger partial charge in [-0.05, 0) is 31.7 Å². The molecule has 1 aromatic carbocycles. The van der Waals surface area contributed by atoms with Crippen LogP contribution in [0.3, 0.4) is 0 Å². The van der Waals surface area contributed by atoms with E-state index in [0.717, 1.165) is 30.6 Å². The van der Waals surface area contributed by atoms with E-state index in [4.69, 9.17) is 14.2 Å². The van der Waals surface area contributed by atoms with Gasteiger partial charge in [-0.2, -0.15) is 0 Å². The van der Waals surface area contributed by atoms with Gasteiger partial charge < -0.3 is 19.5 Å². The van der Waals surface area contributed by atoms with Crippen LogP contribution in [0.15, 0.2) is 24.3 Å². The number of ether oxygens (including phenoxy) is 3. The number of nitrogens with one attached hydrogen (secondary N) is 1. The van der Waals surface area contributed by atoms with Crippen LogP contribution in [0.25, 0.3) is 0 Å². The van der Waals surface area contributed by atoms with Crippen molar-refractivity contribution < 1.29 is 19.0 Å². The second-order valence-corrected chi connectivity index (χ2v) is 6.75. The van der Waals surface area contributed by atoms with Crippen LogP contribution in [0.1, 0.15) is 50.1 Å². The van der Waals surface area contributed by atoms with E-state index in [0.29, 0.717) is 13.2 Å². The molecular formula is C19H27NO4. The average Bonchev–Trinajstić information content (AvgIpc) is 2.59. The summed E-state index contributed by atoms with van der Waals surface area (Å²) in [6.07, 6.45) is 6.65. The van der Waals surface area contributed by atoms with Crippen molar-refractivity contribution in [2.24, 2.45) is 0 Å². The molecule has 1 amide bonds. The summed E-state index contributed by atoms with van der Waals surface area (Å²) in [5, 5.41) is 3.14. The van der Waals surface area contributed by atoms with Gasteiger partial charge in [-0.3, -0.25) is 4.79 Å². The molecule has 5 nitrogen and oxygen atoms in total. The third-order valence-electron chi connectivity index (χ3n) is 4.96. The van der Waals surface area contributed by atoms with Gasteiger partial charge in [0.25, 0.3) is 0 Å². The predicted octanol–water partition coefficient (Wildman–Crippen LogP) is 2.99. The minimum Gasteiger partial charge on any atom is -0.487 e. The largest absolute Gasteiger partial charge is 0.487 e. The summed E-state index contributed by atoms with van der Waals surface area (Å²) in [5.74, 6) is 0.829. The van der Waals surface area contributed by atoms with Crippen molar-refractivity contribution in [2.75, 3.05) is 26.9 Å². The van der Waals surface area contributed by atoms with Crippen molar-refractivity contribution >= 4 is 5.91 Å². The number of benzene rings is 1. The van der Waals surface area contributed by atoms with Crippen LogP contribution in [0.5, 0.6) is 5.75 Å². The summed E-state index contributed by atoms with van der Waals surface area (Å²) in [6, 6.07) is 8.04. The molecule has 1 atom stereocenters. The third kappa shape index (κ3) is 4.08. The third-order valence-corrected chi connectivity index (χ3v) is 4.96. The van der Waals surface area contributed by atoms with E-state index < -0.39 is 0 Å². The van der Waals surface area contributed by atoms with Gasteiger partial charge in [-0.1, -0.05) is 24.6 Å². The molecule has 132 valence electrons. The summed E-state index contributed by atoms with van der Waals surface area (Å²) in [5.41, 5.74) is 0.945. The van der Waals surface area contributed by atoms with E-state index in [1.165, 1.54) is 19.3 Å². The molecule has 1 saturated carbocycles. The van der Waals surface area contributed by atoms with Crippen molar-refractivity contribution in [2.45, 2.75) is 50.2 Å². The summed E-state index contributed by atoms with van der Waals surface area (Å²) in [7, 11) is 1.62. The Bertz CT molecular complexity index is 554. The van der Waals surface area contributed by atoms with Gasteiger partial charge in [0, 0.05) is 19.1 Å². The van der Waals surface area contributed by atoms with Crippen molar-refractivity contribution in [3.63, 3.8) is 0 Å². The molecule has 24 heavy (non-hydrogen) atoms. The molecule has 1 heterocycles. The van der Waals surface area contributed by atoms with Gasteiger partial charge in [0.2, 0.25) is 5.91 Å². The lowest BCUT2D eigenvalue weighted by Gasteiger charge is -2.44. The number of hydrogen-bond acceptors (Lipinski definition) is 4. The van der Waals surface area contributed by atoms with Gasteiger partial charge in [0.05, 0.1) is 19.3 Å². The maximum atomic E-state index is 12.2. The molecule has 1 unspecified atom stereocenters. The zero-order valence-corrected chi connectivity index (χ0v) is 14.4. The Balaban J connectivity index is 1.67. The maximum absolute atomic E-state index is 12.2. The topological polar surface area (TPSA) is 56.8 Å². The highest BCUT2D eigenvalue weighted by Gasteiger charge is 2.42. The zero-order chi connectivity index (χ0) is 16.8. The highest BCUT2D eigenvalue weighted by molar-refractivity contribution is 5.77. The van der Waals surface area contributed by atoms with Crippen LogP contribution in [-0.2, 0) is 14.3 Å². The minimum absolute atomic E-state index is 0.00780. The quantitative estimate of drug-likeness (QED) is 0.813. The molecule has 5 heteroatoms. The SMILES string of the molecule is COCCOCC(=O)NC1CC2(CCCCC2)Oc2ccccc21. The Morgan fingerprint density at radius 3 is 2.83 bits per heavy atom. The first-order valence-corrected chi connectivity index (χ1v) is 8.86. The average molecular weight is 333 g/mol. The van der Waals surface area contributed by atoms with E-state index in [1.54, 1.807) is 7.11 Å². The Morgan fingerprint density at radius 1 is 1.25 bits per heavy atom. The lowest BCUT2D eigenvalue weighted by molar-refractivity contribution is -0.127. The fraction of sp³-hybridized carbons (Fsp3) is 0.632. The van der Waals surface area contributed by atoms with Gasteiger partial charge in [0.1, 0.15) is 18.0 Å². The Labute approximate surface area is 143 Å². The van der Waals surface area contributed by atoms with Crippen molar-refractivity contribution in [1.82, 2.24) is 5.32 Å². The monoisotopic (exact) mass is 333 g/mol. The molecule has 1 fully saturated rings. The molecular weight excluding hydrogens is 306 g/mol. The molecule has 0 radical (unpaired) electrons. The normalized spacial score (nSPS) is 21.8. The molecule has 2 aliphatic rings. The van der Waals surface area contributed by atoms with Crippen molar-refractivity contribution in [1.29, 1.82) is 0 Å². The zero-order valence-electron chi connectivity index (χ0n) is 14.4. The van der Waals surface area contributed by atoms with Crippen LogP contribution in [0, 0.1) is 0 Å². The summed E-state index contributed by atoms with van der Waals surface area (Å²) >= 11 is 0. The smallest absolute Gasteiger partial charge is 0.246 e. The van der Waals surface area contributed by atoms with Crippen LogP contribution >= 0.6 is 0 Å². The molecule has 3 rings (SSSR count). The molecule has 1 aromatic rings. The first kappa shape index (κ1) is 17.2. The van der Waals surface area contributed by atoms with E-state index in [2.05, 4.69) is 5.32 Å². The van der Waals surface area contributed by atoms with E-state index in [9.17, 15) is 4.79 Å². The minimum atomic E-state index is -0.124. The van der Waals surface area contributed by atoms with Crippen LogP contribution in [0.2, 0.25) is 0 Å². The standard InChI is InChI=1S/C19H27NO4/c1-22-11-12-23-14-18(21)20-16-13-19(9-5-2-6-10-19)24-17-8-4-3-7-15(16)17/h3-4,7-8,16H,2,5-6,9-14H2,1H3,(H,20,21). The van der Waals surface area contributed by atoms with E-state index in [1.807, 2.05) is 24.3 Å². The molecule has 0 bridgehead atoms. The molecule has 1 N–H and O–H groups in total. The molecule has 1 aliphatic carbocycles. The second-order valence-electron chi connectivity index (χ2n) is 6.75. The number of methoxy groups -OCH3 is 1. The molecule has 0 aromatic heterocycles. The van der Waals surface area contributed by atoms with Crippen LogP contribution < -0.4 is 10.1 Å². The van der Waals surface area contributed by atoms with Crippen LogP contribution in [-0.4, -0.2) is 38.4 Å². The number of carbonyl (C=O) groups excluding carboxylic acids is 1. The number of fused-ring (bicyclic) bond motifs is 1. The highest BCUT2D eigenvalue weighted by atomic mass is 16.5. The van der Waals surface area contributed by atoms with Gasteiger partial charge in [-0.25, -0.2) is 0 Å². The van der Waals surface area contributed by atoms with E-state index in [-0.39, 0.29) is 24.2 Å². The lowest BCUT2D eigenvalue weighted by Crippen LogP contribution is -2.47. The maximum Gasteiger partial charge on any atom is 0.246 e. The van der Waals surface area contributed by atoms with Crippen molar-refractivity contribution in [3.05, 3.63) is 29.8 Å². The number of rotatable bonds is 6. The number of hydrogen-bond donors (Lipinski definition) is 1. The lowest BCUT2D eigenvalue weighted by atomic mass is 9.77. The Kier molecular flexibility index (Phi) is 5.74. The van der Waals surface area contributed by atoms with Gasteiger partial charge >= 0.3 is 0 Å². The van der Waals surface area contributed by atoms with Crippen LogP contribution in [0.4, 0.5) is 0 Å². The first-order chi connectivity index (χ1) is 11.7. The van der Waals surface area contributed by atoms with Crippen molar-refractivity contribution in [3.8, 4) is 5.75 Å². The second kappa shape index (κ2) is 7.99. The summed E-state index contributed by atoms with van der Waals surface area (Å²) < 4.78 is 16.6. The number of carbonyl (C=O) groups is 1. The molecule has 1 aliphatic heterocycles. The fourth-order valence-electron chi connectivity index (χ4n) is 3.79. The first-order valence-electron chi connectivity index (χ1n) is 8.86.